The van der Waals surface area contributed by atoms with Crippen LogP contribution in [-0.2, 0) is 4.79 Å². The second-order valence-corrected chi connectivity index (χ2v) is 7.37. The summed E-state index contributed by atoms with van der Waals surface area (Å²) in [4.78, 5) is 29.1. The van der Waals surface area contributed by atoms with Gasteiger partial charge in [0.05, 0.1) is 14.2 Å². The Labute approximate surface area is 181 Å². The van der Waals surface area contributed by atoms with E-state index >= 15 is 0 Å². The zero-order chi connectivity index (χ0) is 21.7. The number of hydrogen-bond acceptors (Lipinski definition) is 5. The molecule has 0 spiro atoms. The molecule has 0 radical (unpaired) electrons. The number of amides is 2. The molecular weight excluding hydrogens is 408 g/mol. The topological polar surface area (TPSA) is 68.3 Å². The van der Waals surface area contributed by atoms with Crippen molar-refractivity contribution in [3.63, 3.8) is 0 Å². The number of hydrogen-bond donors (Lipinski definition) is 0. The molecule has 1 heterocycles. The average Bonchev–Trinajstić information content (AvgIpc) is 2.79. The fraction of sp³-hybridized carbons (Fsp3) is 0.364. The van der Waals surface area contributed by atoms with Gasteiger partial charge in [0.1, 0.15) is 17.2 Å². The van der Waals surface area contributed by atoms with Gasteiger partial charge in [0.2, 0.25) is 0 Å². The van der Waals surface area contributed by atoms with Gasteiger partial charge in [-0.05, 0) is 43.3 Å². The minimum absolute atomic E-state index is 0.111. The number of nitrogens with zero attached hydrogens (tertiary/aromatic N) is 2. The third-order valence-electron chi connectivity index (χ3n) is 4.95. The molecule has 1 aliphatic heterocycles. The molecule has 3 rings (SSSR count). The Morgan fingerprint density at radius 2 is 1.40 bits per heavy atom. The van der Waals surface area contributed by atoms with Crippen LogP contribution in [0.5, 0.6) is 17.2 Å². The maximum atomic E-state index is 12.9. The van der Waals surface area contributed by atoms with Gasteiger partial charge < -0.3 is 24.0 Å². The Hall–Kier alpha value is -2.93. The van der Waals surface area contributed by atoms with Gasteiger partial charge in [0.25, 0.3) is 11.8 Å². The number of ether oxygens (including phenoxy) is 3. The quantitative estimate of drug-likeness (QED) is 0.701. The summed E-state index contributed by atoms with van der Waals surface area (Å²) in [7, 11) is 3.08. The molecule has 0 bridgehead atoms. The Kier molecular flexibility index (Phi) is 7.05. The minimum atomic E-state index is -0.629. The van der Waals surface area contributed by atoms with Crippen LogP contribution < -0.4 is 14.2 Å². The van der Waals surface area contributed by atoms with E-state index < -0.39 is 6.10 Å². The first-order valence-electron chi connectivity index (χ1n) is 9.64. The van der Waals surface area contributed by atoms with Crippen LogP contribution in [0.15, 0.2) is 42.5 Å². The molecule has 30 heavy (non-hydrogen) atoms. The van der Waals surface area contributed by atoms with Crippen LogP contribution in [-0.4, -0.2) is 68.1 Å². The first-order valence-corrected chi connectivity index (χ1v) is 10.0. The molecule has 2 aromatic rings. The summed E-state index contributed by atoms with van der Waals surface area (Å²) in [6.45, 7) is 3.49. The molecule has 2 amide bonds. The lowest BCUT2D eigenvalue weighted by atomic mass is 10.1. The van der Waals surface area contributed by atoms with E-state index in [9.17, 15) is 9.59 Å². The lowest BCUT2D eigenvalue weighted by Gasteiger charge is -2.36. The van der Waals surface area contributed by atoms with Crippen LogP contribution in [0.25, 0.3) is 0 Å². The second-order valence-electron chi connectivity index (χ2n) is 6.93. The van der Waals surface area contributed by atoms with Crippen molar-refractivity contribution in [1.29, 1.82) is 0 Å². The van der Waals surface area contributed by atoms with E-state index in [4.69, 9.17) is 25.8 Å². The highest BCUT2D eigenvalue weighted by Crippen LogP contribution is 2.24. The molecule has 1 unspecified atom stereocenters. The van der Waals surface area contributed by atoms with Crippen molar-refractivity contribution >= 4 is 23.4 Å². The smallest absolute Gasteiger partial charge is 0.263 e. The van der Waals surface area contributed by atoms with Gasteiger partial charge in [-0.25, -0.2) is 0 Å². The molecule has 2 aromatic carbocycles. The Morgan fingerprint density at radius 3 is 1.93 bits per heavy atom. The number of carbonyl (C=O) groups excluding carboxylic acids is 2. The fourth-order valence-electron chi connectivity index (χ4n) is 3.27. The van der Waals surface area contributed by atoms with Crippen molar-refractivity contribution in [1.82, 2.24) is 9.80 Å². The standard InChI is InChI=1S/C22H25ClN2O5/c1-15(30-18-6-4-17(23)5-7-18)21(26)24-8-10-25(11-9-24)22(27)16-12-19(28-2)14-20(13-16)29-3/h4-7,12-15H,8-11H2,1-3H3. The maximum Gasteiger partial charge on any atom is 0.263 e. The summed E-state index contributed by atoms with van der Waals surface area (Å²) in [6, 6.07) is 12.0. The van der Waals surface area contributed by atoms with Crippen molar-refractivity contribution in [3.8, 4) is 17.2 Å². The van der Waals surface area contributed by atoms with Crippen LogP contribution in [0.3, 0.4) is 0 Å². The second kappa shape index (κ2) is 9.71. The van der Waals surface area contributed by atoms with E-state index in [-0.39, 0.29) is 11.8 Å². The lowest BCUT2D eigenvalue weighted by molar-refractivity contribution is -0.139. The van der Waals surface area contributed by atoms with Crippen LogP contribution in [0.2, 0.25) is 5.02 Å². The molecule has 1 aliphatic rings. The van der Waals surface area contributed by atoms with Crippen molar-refractivity contribution in [2.24, 2.45) is 0 Å². The largest absolute Gasteiger partial charge is 0.497 e. The van der Waals surface area contributed by atoms with Gasteiger partial charge in [-0.2, -0.15) is 0 Å². The van der Waals surface area contributed by atoms with Gasteiger partial charge >= 0.3 is 0 Å². The van der Waals surface area contributed by atoms with E-state index in [2.05, 4.69) is 0 Å². The molecule has 1 atom stereocenters. The van der Waals surface area contributed by atoms with Gasteiger partial charge in [-0.1, -0.05) is 11.6 Å². The molecule has 0 N–H and O–H groups in total. The Balaban J connectivity index is 1.58. The van der Waals surface area contributed by atoms with Crippen LogP contribution in [0.4, 0.5) is 0 Å². The maximum absolute atomic E-state index is 12.9. The molecule has 0 aromatic heterocycles. The molecule has 0 aliphatic carbocycles. The summed E-state index contributed by atoms with van der Waals surface area (Å²) >= 11 is 5.87. The lowest BCUT2D eigenvalue weighted by Crippen LogP contribution is -2.53. The molecule has 8 heteroatoms. The summed E-state index contributed by atoms with van der Waals surface area (Å²) < 4.78 is 16.2. The van der Waals surface area contributed by atoms with Crippen molar-refractivity contribution in [3.05, 3.63) is 53.1 Å². The number of rotatable bonds is 6. The highest BCUT2D eigenvalue weighted by atomic mass is 35.5. The average molecular weight is 433 g/mol. The zero-order valence-corrected chi connectivity index (χ0v) is 18.0. The number of benzene rings is 2. The van der Waals surface area contributed by atoms with E-state index in [1.807, 2.05) is 0 Å². The van der Waals surface area contributed by atoms with Crippen LogP contribution in [0, 0.1) is 0 Å². The highest BCUT2D eigenvalue weighted by Gasteiger charge is 2.28. The Morgan fingerprint density at radius 1 is 0.867 bits per heavy atom. The van der Waals surface area contributed by atoms with Crippen molar-refractivity contribution < 1.29 is 23.8 Å². The van der Waals surface area contributed by atoms with Gasteiger partial charge in [-0.3, -0.25) is 9.59 Å². The van der Waals surface area contributed by atoms with Gasteiger partial charge in [-0.15, -0.1) is 0 Å². The van der Waals surface area contributed by atoms with Gasteiger partial charge in [0, 0.05) is 42.8 Å². The zero-order valence-electron chi connectivity index (χ0n) is 17.3. The summed E-state index contributed by atoms with van der Waals surface area (Å²) in [5.74, 6) is 1.46. The van der Waals surface area contributed by atoms with E-state index in [0.717, 1.165) is 0 Å². The van der Waals surface area contributed by atoms with Crippen LogP contribution in [0.1, 0.15) is 17.3 Å². The normalized spacial score (nSPS) is 14.8. The van der Waals surface area contributed by atoms with Crippen LogP contribution >= 0.6 is 11.6 Å². The molecule has 7 nitrogen and oxygen atoms in total. The van der Waals surface area contributed by atoms with E-state index in [1.165, 1.54) is 0 Å². The summed E-state index contributed by atoms with van der Waals surface area (Å²) in [6.07, 6.45) is -0.629. The molecular formula is C22H25ClN2O5. The first kappa shape index (κ1) is 21.8. The number of halogens is 1. The summed E-state index contributed by atoms with van der Waals surface area (Å²) in [5, 5.41) is 0.607. The fourth-order valence-corrected chi connectivity index (χ4v) is 3.39. The minimum Gasteiger partial charge on any atom is -0.497 e. The number of methoxy groups -OCH3 is 2. The third-order valence-corrected chi connectivity index (χ3v) is 5.20. The van der Waals surface area contributed by atoms with Gasteiger partial charge in [0.15, 0.2) is 6.10 Å². The predicted molar refractivity (Wildman–Crippen MR) is 114 cm³/mol. The third kappa shape index (κ3) is 5.16. The molecule has 0 saturated carbocycles. The monoisotopic (exact) mass is 432 g/mol. The number of carbonyl (C=O) groups is 2. The van der Waals surface area contributed by atoms with Crippen molar-refractivity contribution in [2.45, 2.75) is 13.0 Å². The Bertz CT molecular complexity index is 873. The molecule has 160 valence electrons. The van der Waals surface area contributed by atoms with E-state index in [0.29, 0.717) is 54.0 Å². The molecule has 1 saturated heterocycles. The van der Waals surface area contributed by atoms with Crippen molar-refractivity contribution in [2.75, 3.05) is 40.4 Å². The highest BCUT2D eigenvalue weighted by molar-refractivity contribution is 6.30. The summed E-state index contributed by atoms with van der Waals surface area (Å²) in [5.41, 5.74) is 0.491. The number of piperazine rings is 1. The predicted octanol–water partition coefficient (Wildman–Crippen LogP) is 3.11. The first-order chi connectivity index (χ1) is 14.4. The van der Waals surface area contributed by atoms with E-state index in [1.54, 1.807) is 73.4 Å². The molecule has 1 fully saturated rings. The SMILES string of the molecule is COc1cc(OC)cc(C(=O)N2CCN(C(=O)C(C)Oc3ccc(Cl)cc3)CC2)c1.